The molecule has 3 amide bonds. The van der Waals surface area contributed by atoms with Crippen LogP contribution in [-0.4, -0.2) is 54.6 Å². The molecule has 0 aromatic carbocycles. The lowest BCUT2D eigenvalue weighted by Gasteiger charge is -2.56. The average Bonchev–Trinajstić information content (AvgIpc) is 2.66. The van der Waals surface area contributed by atoms with Gasteiger partial charge in [0.25, 0.3) is 0 Å². The number of urea groups is 1. The minimum Gasteiger partial charge on any atom is -0.469 e. The van der Waals surface area contributed by atoms with Crippen LogP contribution in [-0.2, 0) is 14.3 Å². The number of nitrogens with one attached hydrogen (secondary N) is 2. The zero-order valence-electron chi connectivity index (χ0n) is 17.7. The number of esters is 1. The van der Waals surface area contributed by atoms with Gasteiger partial charge in [0.2, 0.25) is 5.91 Å². The van der Waals surface area contributed by atoms with Gasteiger partial charge in [0.15, 0.2) is 0 Å². The van der Waals surface area contributed by atoms with Gasteiger partial charge < -0.3 is 10.1 Å². The van der Waals surface area contributed by atoms with E-state index in [-0.39, 0.29) is 29.5 Å². The number of ether oxygens (including phenoxy) is 1. The van der Waals surface area contributed by atoms with E-state index >= 15 is 0 Å². The fourth-order valence-corrected chi connectivity index (χ4v) is 6.78. The van der Waals surface area contributed by atoms with Crippen molar-refractivity contribution >= 4 is 17.9 Å². The summed E-state index contributed by atoms with van der Waals surface area (Å²) in [6.45, 7) is 3.37. The Bertz CT molecular complexity index is 621. The molecule has 29 heavy (non-hydrogen) atoms. The summed E-state index contributed by atoms with van der Waals surface area (Å²) in [4.78, 5) is 38.8. The minimum atomic E-state index is -0.351. The molecule has 1 aliphatic heterocycles. The fourth-order valence-electron chi connectivity index (χ4n) is 6.78. The second-order valence-electron chi connectivity index (χ2n) is 10.1. The Kier molecular flexibility index (Phi) is 5.87. The Balaban J connectivity index is 1.24. The first-order valence-corrected chi connectivity index (χ1v) is 11.3. The Morgan fingerprint density at radius 1 is 1.03 bits per heavy atom. The molecule has 5 fully saturated rings. The van der Waals surface area contributed by atoms with E-state index in [9.17, 15) is 14.4 Å². The molecule has 0 aromatic heterocycles. The van der Waals surface area contributed by atoms with Crippen LogP contribution in [0.3, 0.4) is 0 Å². The van der Waals surface area contributed by atoms with Crippen LogP contribution < -0.4 is 10.6 Å². The van der Waals surface area contributed by atoms with Crippen molar-refractivity contribution in [2.45, 2.75) is 76.3 Å². The molecule has 0 aromatic rings. The van der Waals surface area contributed by atoms with E-state index in [0.29, 0.717) is 12.3 Å². The van der Waals surface area contributed by atoms with Gasteiger partial charge in [0.1, 0.15) is 0 Å². The smallest absolute Gasteiger partial charge is 0.321 e. The van der Waals surface area contributed by atoms with Gasteiger partial charge in [0.05, 0.1) is 13.2 Å². The van der Waals surface area contributed by atoms with Crippen molar-refractivity contribution in [2.24, 2.45) is 23.7 Å². The van der Waals surface area contributed by atoms with Crippen LogP contribution in [0.1, 0.15) is 64.7 Å². The number of rotatable bonds is 5. The van der Waals surface area contributed by atoms with E-state index in [1.807, 2.05) is 6.92 Å². The molecule has 7 heteroatoms. The zero-order chi connectivity index (χ0) is 20.6. The number of hydrogen-bond acceptors (Lipinski definition) is 5. The first-order valence-electron chi connectivity index (χ1n) is 11.3. The highest BCUT2D eigenvalue weighted by Gasteiger charge is 2.51. The van der Waals surface area contributed by atoms with Gasteiger partial charge in [-0.15, -0.1) is 0 Å². The van der Waals surface area contributed by atoms with Crippen molar-refractivity contribution in [3.63, 3.8) is 0 Å². The minimum absolute atomic E-state index is 0.0887. The number of imide groups is 1. The highest BCUT2D eigenvalue weighted by Crippen LogP contribution is 2.55. The number of carbonyl (C=O) groups excluding carboxylic acids is 3. The SMILES string of the molecule is COC(=O)CC1CCN(C(C)C(=O)NC(=O)NC23CC4CC(CC(C4)C2)C3)CC1. The zero-order valence-corrected chi connectivity index (χ0v) is 17.7. The largest absolute Gasteiger partial charge is 0.469 e. The number of nitrogens with zero attached hydrogens (tertiary/aromatic N) is 1. The molecule has 4 saturated carbocycles. The topological polar surface area (TPSA) is 87.7 Å². The van der Waals surface area contributed by atoms with Gasteiger partial charge in [-0.1, -0.05) is 0 Å². The average molecular weight is 406 g/mol. The number of likely N-dealkylation sites (tertiary alicyclic amines) is 1. The lowest BCUT2D eigenvalue weighted by Crippen LogP contribution is -2.62. The second kappa shape index (κ2) is 8.25. The van der Waals surface area contributed by atoms with Gasteiger partial charge in [-0.3, -0.25) is 19.8 Å². The van der Waals surface area contributed by atoms with Gasteiger partial charge in [-0.05, 0) is 95.1 Å². The Morgan fingerprint density at radius 2 is 1.59 bits per heavy atom. The first kappa shape index (κ1) is 20.6. The molecule has 162 valence electrons. The van der Waals surface area contributed by atoms with Crippen LogP contribution >= 0.6 is 0 Å². The lowest BCUT2D eigenvalue weighted by molar-refractivity contribution is -0.142. The highest BCUT2D eigenvalue weighted by molar-refractivity contribution is 5.97. The number of piperidine rings is 1. The molecule has 1 unspecified atom stereocenters. The molecule has 7 nitrogen and oxygen atoms in total. The predicted octanol–water partition coefficient (Wildman–Crippen LogP) is 2.44. The molecule has 1 saturated heterocycles. The molecule has 4 aliphatic carbocycles. The summed E-state index contributed by atoms with van der Waals surface area (Å²) in [5.41, 5.74) is -0.0887. The molecule has 2 N–H and O–H groups in total. The monoisotopic (exact) mass is 405 g/mol. The fraction of sp³-hybridized carbons (Fsp3) is 0.864. The summed E-state index contributed by atoms with van der Waals surface area (Å²) in [7, 11) is 1.42. The van der Waals surface area contributed by atoms with Crippen molar-refractivity contribution in [1.29, 1.82) is 0 Å². The van der Waals surface area contributed by atoms with Crippen LogP contribution in [0.25, 0.3) is 0 Å². The van der Waals surface area contributed by atoms with E-state index in [0.717, 1.165) is 62.9 Å². The lowest BCUT2D eigenvalue weighted by atomic mass is 9.53. The van der Waals surface area contributed by atoms with Crippen molar-refractivity contribution < 1.29 is 19.1 Å². The number of carbonyl (C=O) groups is 3. The maximum atomic E-state index is 12.7. The van der Waals surface area contributed by atoms with Crippen LogP contribution in [0.4, 0.5) is 4.79 Å². The van der Waals surface area contributed by atoms with E-state index in [1.54, 1.807) is 0 Å². The van der Waals surface area contributed by atoms with Crippen LogP contribution in [0, 0.1) is 23.7 Å². The molecule has 1 heterocycles. The molecule has 1 atom stereocenters. The third kappa shape index (κ3) is 4.60. The normalized spacial score (nSPS) is 35.2. The van der Waals surface area contributed by atoms with Gasteiger partial charge >= 0.3 is 12.0 Å². The molecule has 5 rings (SSSR count). The quantitative estimate of drug-likeness (QED) is 0.686. The van der Waals surface area contributed by atoms with Crippen LogP contribution in [0.15, 0.2) is 0 Å². The van der Waals surface area contributed by atoms with Gasteiger partial charge in [-0.2, -0.15) is 0 Å². The van der Waals surface area contributed by atoms with E-state index in [4.69, 9.17) is 4.74 Å². The van der Waals surface area contributed by atoms with E-state index in [1.165, 1.54) is 26.4 Å². The van der Waals surface area contributed by atoms with E-state index < -0.39 is 0 Å². The van der Waals surface area contributed by atoms with Crippen molar-refractivity contribution in [3.8, 4) is 0 Å². The summed E-state index contributed by atoms with van der Waals surface area (Å²) in [5, 5.41) is 5.81. The third-order valence-electron chi connectivity index (χ3n) is 7.91. The van der Waals surface area contributed by atoms with Crippen molar-refractivity contribution in [1.82, 2.24) is 15.5 Å². The van der Waals surface area contributed by atoms with Crippen LogP contribution in [0.2, 0.25) is 0 Å². The Hall–Kier alpha value is -1.63. The predicted molar refractivity (Wildman–Crippen MR) is 108 cm³/mol. The maximum absolute atomic E-state index is 12.7. The number of methoxy groups -OCH3 is 1. The Labute approximate surface area is 173 Å². The first-order chi connectivity index (χ1) is 13.9. The van der Waals surface area contributed by atoms with Crippen molar-refractivity contribution in [3.05, 3.63) is 0 Å². The van der Waals surface area contributed by atoms with Gasteiger partial charge in [-0.25, -0.2) is 4.79 Å². The summed E-state index contributed by atoms with van der Waals surface area (Å²) >= 11 is 0. The standard InChI is InChI=1S/C22H35N3O4/c1-14(25-5-3-15(4-6-25)10-19(26)29-2)20(27)23-21(28)24-22-11-16-7-17(12-22)9-18(8-16)13-22/h14-18H,3-13H2,1-2H3,(H2,23,24,27,28). The Morgan fingerprint density at radius 3 is 2.10 bits per heavy atom. The molecular formula is C22H35N3O4. The summed E-state index contributed by atoms with van der Waals surface area (Å²) in [6.07, 6.45) is 9.37. The van der Waals surface area contributed by atoms with E-state index in [2.05, 4.69) is 15.5 Å². The summed E-state index contributed by atoms with van der Waals surface area (Å²) in [5.74, 6) is 2.16. The molecular weight excluding hydrogens is 370 g/mol. The third-order valence-corrected chi connectivity index (χ3v) is 7.91. The molecule has 4 bridgehead atoms. The molecule has 0 radical (unpaired) electrons. The van der Waals surface area contributed by atoms with Gasteiger partial charge in [0, 0.05) is 12.0 Å². The highest BCUT2D eigenvalue weighted by atomic mass is 16.5. The summed E-state index contributed by atoms with van der Waals surface area (Å²) in [6, 6.07) is -0.680. The second-order valence-corrected chi connectivity index (χ2v) is 10.1. The maximum Gasteiger partial charge on any atom is 0.321 e. The summed E-state index contributed by atoms with van der Waals surface area (Å²) < 4.78 is 4.75. The van der Waals surface area contributed by atoms with Crippen LogP contribution in [0.5, 0.6) is 0 Å². The number of amides is 3. The van der Waals surface area contributed by atoms with Crippen molar-refractivity contribution in [2.75, 3.05) is 20.2 Å². The molecule has 0 spiro atoms. The number of hydrogen-bond donors (Lipinski definition) is 2. The molecule has 5 aliphatic rings.